The molecule has 2 N–H and O–H groups in total. The molecule has 0 aliphatic carbocycles. The fraction of sp³-hybridized carbons (Fsp3) is 0.429. The summed E-state index contributed by atoms with van der Waals surface area (Å²) in [5.74, 6) is 0.945. The van der Waals surface area contributed by atoms with Gasteiger partial charge >= 0.3 is 5.91 Å². The molecule has 0 saturated heterocycles. The molecule has 2 amide bonds. The molecule has 0 spiro atoms. The third kappa shape index (κ3) is 6.74. The maximum Gasteiger partial charge on any atom is 0.305 e. The summed E-state index contributed by atoms with van der Waals surface area (Å²) in [6, 6.07) is 11.1. The number of rotatable bonds is 10. The highest BCUT2D eigenvalue weighted by molar-refractivity contribution is 5.92. The van der Waals surface area contributed by atoms with Crippen LogP contribution in [0.3, 0.4) is 0 Å². The first-order chi connectivity index (χ1) is 13.5. The second-order valence-electron chi connectivity index (χ2n) is 6.45. The molecule has 0 aliphatic rings. The number of ether oxygens (including phenoxy) is 1. The van der Waals surface area contributed by atoms with Crippen molar-refractivity contribution in [3.8, 4) is 5.75 Å². The van der Waals surface area contributed by atoms with E-state index >= 15 is 0 Å². The molecule has 1 aromatic heterocycles. The number of furan rings is 1. The quantitative estimate of drug-likeness (QED) is 0.484. The van der Waals surface area contributed by atoms with Crippen LogP contribution in [0.25, 0.3) is 0 Å². The van der Waals surface area contributed by atoms with E-state index < -0.39 is 5.91 Å². The van der Waals surface area contributed by atoms with E-state index in [-0.39, 0.29) is 18.1 Å². The first-order valence-corrected chi connectivity index (χ1v) is 9.62. The van der Waals surface area contributed by atoms with E-state index in [2.05, 4.69) is 29.6 Å². The van der Waals surface area contributed by atoms with E-state index in [1.807, 2.05) is 31.2 Å². The Hall–Kier alpha value is -2.80. The first kappa shape index (κ1) is 21.5. The zero-order valence-electron chi connectivity index (χ0n) is 16.8. The van der Waals surface area contributed by atoms with Crippen molar-refractivity contribution in [3.63, 3.8) is 0 Å². The van der Waals surface area contributed by atoms with Gasteiger partial charge in [-0.1, -0.05) is 32.0 Å². The summed E-state index contributed by atoms with van der Waals surface area (Å²) in [6.07, 6.45) is 0.794. The minimum Gasteiger partial charge on any atom is -0.493 e. The number of amides is 2. The number of nitrogens with zero attached hydrogens (tertiary/aromatic N) is 1. The minimum absolute atomic E-state index is 0.172. The normalized spacial score (nSPS) is 10.7. The maximum atomic E-state index is 12.1. The Morgan fingerprint density at radius 3 is 2.54 bits per heavy atom. The summed E-state index contributed by atoms with van der Waals surface area (Å²) in [5, 5.41) is 0. The van der Waals surface area contributed by atoms with Gasteiger partial charge in [-0.05, 0) is 50.2 Å². The van der Waals surface area contributed by atoms with E-state index in [9.17, 15) is 9.59 Å². The van der Waals surface area contributed by atoms with Crippen LogP contribution in [0.2, 0.25) is 0 Å². The Morgan fingerprint density at radius 2 is 1.82 bits per heavy atom. The van der Waals surface area contributed by atoms with Gasteiger partial charge in [-0.3, -0.25) is 25.3 Å². The monoisotopic (exact) mass is 387 g/mol. The fourth-order valence-electron chi connectivity index (χ4n) is 2.64. The number of benzene rings is 1. The van der Waals surface area contributed by atoms with Crippen LogP contribution >= 0.6 is 0 Å². The van der Waals surface area contributed by atoms with E-state index in [1.54, 1.807) is 12.1 Å². The summed E-state index contributed by atoms with van der Waals surface area (Å²) in [5.41, 5.74) is 5.83. The number of hydrazine groups is 1. The number of hydrogen-bond acceptors (Lipinski definition) is 5. The van der Waals surface area contributed by atoms with Crippen LogP contribution in [0.5, 0.6) is 5.75 Å². The molecule has 0 bridgehead atoms. The first-order valence-electron chi connectivity index (χ1n) is 9.62. The van der Waals surface area contributed by atoms with E-state index in [0.717, 1.165) is 24.4 Å². The molecule has 28 heavy (non-hydrogen) atoms. The van der Waals surface area contributed by atoms with Gasteiger partial charge in [0.1, 0.15) is 11.5 Å². The average Bonchev–Trinajstić information content (AvgIpc) is 3.17. The molecule has 2 rings (SSSR count). The summed E-state index contributed by atoms with van der Waals surface area (Å²) >= 11 is 0. The van der Waals surface area contributed by atoms with Crippen LogP contribution in [-0.4, -0.2) is 36.4 Å². The average molecular weight is 387 g/mol. The Kier molecular flexibility index (Phi) is 8.55. The van der Waals surface area contributed by atoms with Crippen molar-refractivity contribution in [1.82, 2.24) is 15.8 Å². The number of carbonyl (C=O) groups is 2. The molecule has 0 saturated carbocycles. The standard InChI is InChI=1S/C21H29N3O4/c1-4-24(5-2)15-17-12-13-19(28-17)21(26)23-22-20(25)11-8-14-27-18-10-7-6-9-16(18)3/h6-7,9-10,12-13H,4-5,8,11,14-15H2,1-3H3,(H,22,25)(H,23,26). The van der Waals surface area contributed by atoms with Gasteiger partial charge in [-0.15, -0.1) is 0 Å². The van der Waals surface area contributed by atoms with Crippen LogP contribution in [0.4, 0.5) is 0 Å². The third-order valence-electron chi connectivity index (χ3n) is 4.37. The SMILES string of the molecule is CCN(CC)Cc1ccc(C(=O)NNC(=O)CCCOc2ccccc2C)o1. The summed E-state index contributed by atoms with van der Waals surface area (Å²) in [4.78, 5) is 26.1. The third-order valence-corrected chi connectivity index (χ3v) is 4.37. The number of hydrogen-bond donors (Lipinski definition) is 2. The van der Waals surface area contributed by atoms with Gasteiger partial charge in [0.05, 0.1) is 13.2 Å². The topological polar surface area (TPSA) is 83.8 Å². The Morgan fingerprint density at radius 1 is 1.07 bits per heavy atom. The van der Waals surface area contributed by atoms with Crippen molar-refractivity contribution in [2.24, 2.45) is 0 Å². The van der Waals surface area contributed by atoms with Gasteiger partial charge in [0.15, 0.2) is 5.76 Å². The second-order valence-corrected chi connectivity index (χ2v) is 6.45. The molecule has 7 nitrogen and oxygen atoms in total. The van der Waals surface area contributed by atoms with Crippen molar-refractivity contribution in [1.29, 1.82) is 0 Å². The predicted octanol–water partition coefficient (Wildman–Crippen LogP) is 3.05. The van der Waals surface area contributed by atoms with Gasteiger partial charge in [0.2, 0.25) is 5.91 Å². The molecule has 152 valence electrons. The molecule has 7 heteroatoms. The molecule has 0 aliphatic heterocycles. The molecule has 1 aromatic carbocycles. The second kappa shape index (κ2) is 11.1. The number of aryl methyl sites for hydroxylation is 1. The van der Waals surface area contributed by atoms with Crippen molar-refractivity contribution in [3.05, 3.63) is 53.5 Å². The predicted molar refractivity (Wildman–Crippen MR) is 107 cm³/mol. The van der Waals surface area contributed by atoms with E-state index in [0.29, 0.717) is 25.3 Å². The highest BCUT2D eigenvalue weighted by atomic mass is 16.5. The lowest BCUT2D eigenvalue weighted by Crippen LogP contribution is -2.41. The fourth-order valence-corrected chi connectivity index (χ4v) is 2.64. The molecule has 0 atom stereocenters. The molecular formula is C21H29N3O4. The smallest absolute Gasteiger partial charge is 0.305 e. The lowest BCUT2D eigenvalue weighted by atomic mass is 10.2. The molecule has 0 unspecified atom stereocenters. The Balaban J connectivity index is 1.67. The summed E-state index contributed by atoms with van der Waals surface area (Å²) in [7, 11) is 0. The lowest BCUT2D eigenvalue weighted by molar-refractivity contribution is -0.122. The van der Waals surface area contributed by atoms with Crippen LogP contribution in [0.15, 0.2) is 40.8 Å². The van der Waals surface area contributed by atoms with Gasteiger partial charge in [-0.25, -0.2) is 0 Å². The summed E-state index contributed by atoms with van der Waals surface area (Å²) < 4.78 is 11.2. The Bertz CT molecular complexity index is 769. The molecule has 0 fully saturated rings. The van der Waals surface area contributed by atoms with E-state index in [1.165, 1.54) is 0 Å². The van der Waals surface area contributed by atoms with E-state index in [4.69, 9.17) is 9.15 Å². The Labute approximate surface area is 166 Å². The van der Waals surface area contributed by atoms with Crippen molar-refractivity contribution in [2.75, 3.05) is 19.7 Å². The molecule has 0 radical (unpaired) electrons. The van der Waals surface area contributed by atoms with Gasteiger partial charge in [0.25, 0.3) is 0 Å². The largest absolute Gasteiger partial charge is 0.493 e. The van der Waals surface area contributed by atoms with Crippen molar-refractivity contribution in [2.45, 2.75) is 40.2 Å². The zero-order valence-corrected chi connectivity index (χ0v) is 16.8. The van der Waals surface area contributed by atoms with Crippen molar-refractivity contribution < 1.29 is 18.7 Å². The van der Waals surface area contributed by atoms with Gasteiger partial charge in [0, 0.05) is 6.42 Å². The summed E-state index contributed by atoms with van der Waals surface area (Å²) in [6.45, 7) is 9.00. The lowest BCUT2D eigenvalue weighted by Gasteiger charge is -2.15. The van der Waals surface area contributed by atoms with Gasteiger partial charge in [-0.2, -0.15) is 0 Å². The molecular weight excluding hydrogens is 358 g/mol. The van der Waals surface area contributed by atoms with Crippen LogP contribution in [0, 0.1) is 6.92 Å². The number of carbonyl (C=O) groups excluding carboxylic acids is 2. The number of nitrogens with one attached hydrogen (secondary N) is 2. The highest BCUT2D eigenvalue weighted by Crippen LogP contribution is 2.16. The molecule has 2 aromatic rings. The van der Waals surface area contributed by atoms with Crippen LogP contribution in [0.1, 0.15) is 48.6 Å². The van der Waals surface area contributed by atoms with Gasteiger partial charge < -0.3 is 9.15 Å². The van der Waals surface area contributed by atoms with Crippen LogP contribution < -0.4 is 15.6 Å². The molecule has 1 heterocycles. The number of para-hydroxylation sites is 1. The van der Waals surface area contributed by atoms with Crippen LogP contribution in [-0.2, 0) is 11.3 Å². The maximum absolute atomic E-state index is 12.1. The zero-order chi connectivity index (χ0) is 20.4. The minimum atomic E-state index is -0.477. The highest BCUT2D eigenvalue weighted by Gasteiger charge is 2.13. The van der Waals surface area contributed by atoms with Crippen molar-refractivity contribution >= 4 is 11.8 Å².